The number of aliphatic carboxylic acids is 1. The Bertz CT molecular complexity index is 317. The van der Waals surface area contributed by atoms with Gasteiger partial charge in [-0.25, -0.2) is 0 Å². The molecule has 0 amide bonds. The van der Waals surface area contributed by atoms with Gasteiger partial charge in [-0.3, -0.25) is 10.1 Å². The fourth-order valence-corrected chi connectivity index (χ4v) is 1.32. The smallest absolute Gasteiger partial charge is 0.326 e. The maximum atomic E-state index is 10.9. The van der Waals surface area contributed by atoms with E-state index >= 15 is 0 Å². The van der Waals surface area contributed by atoms with Gasteiger partial charge in [0.15, 0.2) is 0 Å². The van der Waals surface area contributed by atoms with Crippen LogP contribution in [0, 0.1) is 0 Å². The number of carboxylic acid groups (broad SMARTS) is 1. The van der Waals surface area contributed by atoms with Crippen LogP contribution in [0.15, 0.2) is 18.3 Å². The van der Waals surface area contributed by atoms with Crippen LogP contribution in [0.1, 0.15) is 11.7 Å². The summed E-state index contributed by atoms with van der Waals surface area (Å²) in [4.78, 5) is 10.9. The van der Waals surface area contributed by atoms with E-state index in [1.54, 1.807) is 10.6 Å². The SMILES string of the molecule is Cl.Cl.Cn1cccc1C(NCCN)C(=O)O. The number of nitrogens with zero attached hydrogens (tertiary/aromatic N) is 1. The quantitative estimate of drug-likeness (QED) is 0.729. The van der Waals surface area contributed by atoms with Crippen molar-refractivity contribution in [2.45, 2.75) is 6.04 Å². The van der Waals surface area contributed by atoms with Crippen LogP contribution in [-0.2, 0) is 11.8 Å². The number of nitrogens with two attached hydrogens (primary N) is 1. The molecule has 0 aliphatic heterocycles. The first-order valence-electron chi connectivity index (χ1n) is 4.44. The molecule has 1 unspecified atom stereocenters. The largest absolute Gasteiger partial charge is 0.480 e. The molecule has 0 aromatic carbocycles. The topological polar surface area (TPSA) is 80.3 Å². The van der Waals surface area contributed by atoms with Crippen LogP contribution in [0.4, 0.5) is 0 Å². The number of aryl methyl sites for hydroxylation is 1. The van der Waals surface area contributed by atoms with Crippen LogP contribution in [0.25, 0.3) is 0 Å². The molecular weight excluding hydrogens is 253 g/mol. The minimum absolute atomic E-state index is 0. The number of rotatable bonds is 5. The lowest BCUT2D eigenvalue weighted by molar-refractivity contribution is -0.139. The maximum absolute atomic E-state index is 10.9. The predicted octanol–water partition coefficient (Wildman–Crippen LogP) is 0.543. The standard InChI is InChI=1S/C9H15N3O2.2ClH/c1-12-6-2-3-7(12)8(9(13)14)11-5-4-10;;/h2-3,6,8,11H,4-5,10H2,1H3,(H,13,14);2*1H. The molecule has 1 aromatic heterocycles. The highest BCUT2D eigenvalue weighted by Gasteiger charge is 2.20. The van der Waals surface area contributed by atoms with Crippen molar-refractivity contribution >= 4 is 30.8 Å². The molecule has 16 heavy (non-hydrogen) atoms. The van der Waals surface area contributed by atoms with Crippen molar-refractivity contribution < 1.29 is 9.90 Å². The molecular formula is C9H17Cl2N3O2. The third kappa shape index (κ3) is 4.40. The van der Waals surface area contributed by atoms with Crippen LogP contribution >= 0.6 is 24.8 Å². The van der Waals surface area contributed by atoms with E-state index in [0.29, 0.717) is 13.1 Å². The van der Waals surface area contributed by atoms with E-state index in [-0.39, 0.29) is 24.8 Å². The highest BCUT2D eigenvalue weighted by Crippen LogP contribution is 2.12. The molecule has 1 atom stereocenters. The molecule has 0 aliphatic rings. The Hall–Kier alpha value is -0.750. The molecule has 0 saturated heterocycles. The van der Waals surface area contributed by atoms with Crippen LogP contribution in [0.2, 0.25) is 0 Å². The summed E-state index contributed by atoms with van der Waals surface area (Å²) >= 11 is 0. The Morgan fingerprint density at radius 3 is 2.62 bits per heavy atom. The van der Waals surface area contributed by atoms with Crippen LogP contribution in [0.5, 0.6) is 0 Å². The third-order valence-electron chi connectivity index (χ3n) is 2.02. The normalized spacial score (nSPS) is 11.1. The lowest BCUT2D eigenvalue weighted by atomic mass is 10.2. The molecule has 94 valence electrons. The van der Waals surface area contributed by atoms with Gasteiger partial charge in [0.2, 0.25) is 0 Å². The molecule has 1 aromatic rings. The number of halogens is 2. The van der Waals surface area contributed by atoms with Gasteiger partial charge in [0, 0.05) is 32.0 Å². The van der Waals surface area contributed by atoms with Crippen molar-refractivity contribution in [2.24, 2.45) is 12.8 Å². The summed E-state index contributed by atoms with van der Waals surface area (Å²) in [6.45, 7) is 0.913. The van der Waals surface area contributed by atoms with Crippen LogP contribution < -0.4 is 11.1 Å². The zero-order valence-corrected chi connectivity index (χ0v) is 10.6. The average Bonchev–Trinajstić information content (AvgIpc) is 2.52. The fourth-order valence-electron chi connectivity index (χ4n) is 1.32. The Morgan fingerprint density at radius 2 is 2.25 bits per heavy atom. The van der Waals surface area contributed by atoms with Crippen molar-refractivity contribution in [1.29, 1.82) is 0 Å². The Morgan fingerprint density at radius 1 is 1.62 bits per heavy atom. The number of nitrogens with one attached hydrogen (secondary N) is 1. The van der Waals surface area contributed by atoms with Crippen molar-refractivity contribution in [3.8, 4) is 0 Å². The van der Waals surface area contributed by atoms with Crippen molar-refractivity contribution in [3.05, 3.63) is 24.0 Å². The molecule has 7 heteroatoms. The summed E-state index contributed by atoms with van der Waals surface area (Å²) in [6.07, 6.45) is 1.81. The summed E-state index contributed by atoms with van der Waals surface area (Å²) in [5.41, 5.74) is 6.03. The summed E-state index contributed by atoms with van der Waals surface area (Å²) in [5.74, 6) is -0.889. The number of hydrogen-bond acceptors (Lipinski definition) is 3. The molecule has 0 saturated carbocycles. The van der Waals surface area contributed by atoms with E-state index < -0.39 is 12.0 Å². The third-order valence-corrected chi connectivity index (χ3v) is 2.02. The van der Waals surface area contributed by atoms with Crippen molar-refractivity contribution in [2.75, 3.05) is 13.1 Å². The van der Waals surface area contributed by atoms with E-state index in [9.17, 15) is 4.79 Å². The van der Waals surface area contributed by atoms with Crippen LogP contribution in [0.3, 0.4) is 0 Å². The van der Waals surface area contributed by atoms with Crippen LogP contribution in [-0.4, -0.2) is 28.7 Å². The summed E-state index contributed by atoms with van der Waals surface area (Å²) in [6, 6.07) is 2.91. The minimum atomic E-state index is -0.889. The molecule has 0 radical (unpaired) electrons. The molecule has 1 rings (SSSR count). The van der Waals surface area contributed by atoms with Gasteiger partial charge in [0.25, 0.3) is 0 Å². The minimum Gasteiger partial charge on any atom is -0.480 e. The molecule has 0 fully saturated rings. The average molecular weight is 270 g/mol. The molecule has 1 heterocycles. The molecule has 0 aliphatic carbocycles. The van der Waals surface area contributed by atoms with E-state index in [2.05, 4.69) is 5.32 Å². The zero-order chi connectivity index (χ0) is 10.6. The number of aromatic nitrogens is 1. The van der Waals surface area contributed by atoms with E-state index in [1.807, 2.05) is 19.3 Å². The van der Waals surface area contributed by atoms with Gasteiger partial charge in [-0.15, -0.1) is 24.8 Å². The van der Waals surface area contributed by atoms with Crippen molar-refractivity contribution in [3.63, 3.8) is 0 Å². The van der Waals surface area contributed by atoms with Crippen molar-refractivity contribution in [1.82, 2.24) is 9.88 Å². The summed E-state index contributed by atoms with van der Waals surface area (Å²) < 4.78 is 1.78. The summed E-state index contributed by atoms with van der Waals surface area (Å²) in [5, 5.41) is 11.8. The van der Waals surface area contributed by atoms with Gasteiger partial charge in [0.05, 0.1) is 0 Å². The highest BCUT2D eigenvalue weighted by molar-refractivity contribution is 5.85. The number of carbonyl (C=O) groups is 1. The second-order valence-electron chi connectivity index (χ2n) is 3.06. The molecule has 5 nitrogen and oxygen atoms in total. The molecule has 0 bridgehead atoms. The summed E-state index contributed by atoms with van der Waals surface area (Å²) in [7, 11) is 1.81. The van der Waals surface area contributed by atoms with Gasteiger partial charge < -0.3 is 15.4 Å². The van der Waals surface area contributed by atoms with Gasteiger partial charge in [-0.1, -0.05) is 0 Å². The molecule has 0 spiro atoms. The first kappa shape index (κ1) is 17.6. The second kappa shape index (κ2) is 8.41. The van der Waals surface area contributed by atoms with Gasteiger partial charge >= 0.3 is 5.97 Å². The van der Waals surface area contributed by atoms with E-state index in [1.165, 1.54) is 0 Å². The second-order valence-corrected chi connectivity index (χ2v) is 3.06. The zero-order valence-electron chi connectivity index (χ0n) is 8.92. The Balaban J connectivity index is 0. The van der Waals surface area contributed by atoms with Gasteiger partial charge in [-0.2, -0.15) is 0 Å². The highest BCUT2D eigenvalue weighted by atomic mass is 35.5. The predicted molar refractivity (Wildman–Crippen MR) is 67.3 cm³/mol. The first-order chi connectivity index (χ1) is 6.66. The Labute approximate surface area is 107 Å². The molecule has 4 N–H and O–H groups in total. The monoisotopic (exact) mass is 269 g/mol. The lowest BCUT2D eigenvalue weighted by Gasteiger charge is -2.14. The fraction of sp³-hybridized carbons (Fsp3) is 0.444. The lowest BCUT2D eigenvalue weighted by Crippen LogP contribution is -2.33. The van der Waals surface area contributed by atoms with E-state index in [0.717, 1.165) is 5.69 Å². The number of carboxylic acids is 1. The maximum Gasteiger partial charge on any atom is 0.326 e. The van der Waals surface area contributed by atoms with Gasteiger partial charge in [-0.05, 0) is 12.1 Å². The van der Waals surface area contributed by atoms with E-state index in [4.69, 9.17) is 10.8 Å². The number of hydrogen-bond donors (Lipinski definition) is 3. The first-order valence-corrected chi connectivity index (χ1v) is 4.44. The Kier molecular flexibility index (Phi) is 9.27. The van der Waals surface area contributed by atoms with Gasteiger partial charge in [0.1, 0.15) is 6.04 Å².